The molecule has 0 nitrogen and oxygen atoms in total. The zero-order valence-corrected chi connectivity index (χ0v) is 8.80. The fourth-order valence-electron chi connectivity index (χ4n) is 0.710. The Morgan fingerprint density at radius 1 is 1.25 bits per heavy atom. The molecular weight excluding hydrogens is 397 g/mol. The first-order valence-corrected chi connectivity index (χ1v) is 5.85. The van der Waals surface area contributed by atoms with Crippen LogP contribution in [-0.2, 0) is 0 Å². The second kappa shape index (κ2) is 3.19. The molecule has 0 amide bonds. The first kappa shape index (κ1) is 7.79. The molecule has 67 valence electrons. The molecule has 1 aromatic carbocycles. The van der Waals surface area contributed by atoms with Crippen molar-refractivity contribution in [2.24, 2.45) is 0 Å². The van der Waals surface area contributed by atoms with E-state index in [0.29, 0.717) is 0 Å². The van der Waals surface area contributed by atoms with E-state index in [1.165, 1.54) is 0 Å². The Bertz CT molecular complexity index is 297. The van der Waals surface area contributed by atoms with Crippen LogP contribution in [0.5, 0.6) is 0 Å². The molecule has 0 aliphatic heterocycles. The van der Waals surface area contributed by atoms with Crippen molar-refractivity contribution in [3.05, 3.63) is 36.4 Å². The van der Waals surface area contributed by atoms with Crippen molar-refractivity contribution < 1.29 is 8.78 Å². The van der Waals surface area contributed by atoms with Crippen LogP contribution in [0.1, 0.15) is 5.56 Å². The van der Waals surface area contributed by atoms with Crippen molar-refractivity contribution in [3.8, 4) is 0 Å². The third kappa shape index (κ3) is 1.84. The van der Waals surface area contributed by atoms with Gasteiger partial charge in [0.05, 0.1) is 0 Å². The monoisotopic (exact) mass is 402 g/mol. The predicted molar refractivity (Wildman–Crippen MR) is 43.4 cm³/mol. The van der Waals surface area contributed by atoms with Crippen LogP contribution in [0, 0.1) is 0 Å². The van der Waals surface area contributed by atoms with E-state index in [1.54, 1.807) is 30.3 Å². The van der Waals surface area contributed by atoms with Crippen LogP contribution in [0.2, 0.25) is 0 Å². The van der Waals surface area contributed by atoms with Crippen LogP contribution < -0.4 is 6.07 Å². The molecule has 0 radical (unpaired) electrons. The number of hydrogen-bond acceptors (Lipinski definition) is 0. The molecule has 0 saturated carbocycles. The zero-order chi connectivity index (χ0) is 8.97. The number of halogens is 2. The van der Waals surface area contributed by atoms with Crippen LogP contribution in [0.3, 0.4) is 0 Å². The van der Waals surface area contributed by atoms with Crippen molar-refractivity contribution >= 4 is 19.1 Å². The number of benzene rings is 1. The third-order valence-corrected chi connectivity index (χ3v) is 3.37. The minimum absolute atomic E-state index is 0.774. The fourth-order valence-corrected chi connectivity index (χ4v) is 2.16. The topological polar surface area (TPSA) is 0 Å². The standard InChI is InChI=1S/C8H7.CF2.Cf/c1-2-8-6-4-3-5-7-8;2-1-3;/h2,4-7H,1H2;;. The molecule has 3 heteroatoms. The average molecular weight is 404 g/mol. The van der Waals surface area contributed by atoms with Crippen LogP contribution in [0.25, 0.3) is 6.08 Å². The second-order valence-corrected chi connectivity index (χ2v) is 5.16. The van der Waals surface area contributed by atoms with Gasteiger partial charge in [0, 0.05) is 0 Å². The first-order chi connectivity index (χ1) is 5.72. The van der Waals surface area contributed by atoms with Crippen molar-refractivity contribution in [1.82, 2.24) is 0 Å². The van der Waals surface area contributed by atoms with E-state index in [4.69, 9.17) is 0 Å². The van der Waals surface area contributed by atoms with Gasteiger partial charge in [-0.05, 0) is 0 Å². The Hall–Kier alpha value is -2.31. The summed E-state index contributed by atoms with van der Waals surface area (Å²) < 4.78 is 22.2. The van der Waals surface area contributed by atoms with E-state index >= 15 is 0 Å². The van der Waals surface area contributed by atoms with Gasteiger partial charge in [-0.15, -0.1) is 0 Å². The van der Waals surface area contributed by atoms with E-state index in [1.807, 2.05) is 0 Å². The molecule has 0 aromatic heterocycles. The van der Waals surface area contributed by atoms with Crippen LogP contribution in [0.15, 0.2) is 30.8 Å². The van der Waals surface area contributed by atoms with E-state index in [9.17, 15) is 8.78 Å². The predicted octanol–water partition coefficient (Wildman–Crippen LogP) is 2.07. The maximum atomic E-state index is 11.9. The summed E-state index contributed by atoms with van der Waals surface area (Å²) in [5, 5.41) is 0. The molecule has 0 aliphatic rings. The summed E-state index contributed by atoms with van der Waals surface area (Å²) in [6.45, 7) is 2.17. The normalized spacial score (nSPS) is 8.83. The van der Waals surface area contributed by atoms with Gasteiger partial charge >= 0.3 is 64.3 Å². The molecule has 0 atom stereocenters. The van der Waals surface area contributed by atoms with Crippen molar-refractivity contribution in [3.63, 3.8) is 0 Å². The molecular formula is C9H7CfF2. The summed E-state index contributed by atoms with van der Waals surface area (Å²) in [6.07, 6.45) is 1.70. The molecule has 0 heterocycles. The molecule has 1 aromatic rings. The molecule has 0 spiro atoms. The third-order valence-electron chi connectivity index (χ3n) is 1.24. The molecule has 0 bridgehead atoms. The van der Waals surface area contributed by atoms with Crippen molar-refractivity contribution in [2.75, 3.05) is 0 Å². The summed E-state index contributed by atoms with van der Waals surface area (Å²) in [6, 6.07) is 7.87. The van der Waals surface area contributed by atoms with Gasteiger partial charge in [0.1, 0.15) is 0 Å². The van der Waals surface area contributed by atoms with Gasteiger partial charge in [-0.25, -0.2) is 0 Å². The number of hydrogen-bond donors (Lipinski definition) is 0. The molecule has 0 saturated heterocycles. The SMILES string of the molecule is C=Cc1cc[c]([Cf]=[C](F)F)cc1. The number of rotatable bonds is 2. The Kier molecular flexibility index (Phi) is 2.07. The molecule has 0 fully saturated rings. The Labute approximate surface area is 65.2 Å². The minimum atomic E-state index is -1.53. The summed E-state index contributed by atoms with van der Waals surface area (Å²) in [5.41, 5.74) is 0.966. The van der Waals surface area contributed by atoms with Crippen LogP contribution in [-0.4, -0.2) is 6.93 Å². The van der Waals surface area contributed by atoms with Gasteiger partial charge in [-0.3, -0.25) is 0 Å². The van der Waals surface area contributed by atoms with Gasteiger partial charge in [-0.2, -0.15) is 0 Å². The van der Waals surface area contributed by atoms with Crippen LogP contribution >= 0.6 is 0 Å². The Morgan fingerprint density at radius 3 is 2.25 bits per heavy atom. The van der Waals surface area contributed by atoms with Gasteiger partial charge in [0.2, 0.25) is 0 Å². The van der Waals surface area contributed by atoms with Crippen molar-refractivity contribution in [2.45, 2.75) is 0 Å². The van der Waals surface area contributed by atoms with Crippen LogP contribution in [0.4, 0.5) is 8.78 Å². The second-order valence-electron chi connectivity index (χ2n) is 1.99. The van der Waals surface area contributed by atoms with Gasteiger partial charge in [0.15, 0.2) is 0 Å². The maximum absolute atomic E-state index is 11.9. The fraction of sp³-hybridized carbons (Fsp3) is 0. The zero-order valence-electron chi connectivity index (χ0n) is 6.17. The molecule has 1 rings (SSSR count). The summed E-state index contributed by atoms with van der Waals surface area (Å²) in [4.78, 5) is 0. The van der Waals surface area contributed by atoms with E-state index < -0.39 is 6.93 Å². The molecule has 12 heavy (non-hydrogen) atoms. The van der Waals surface area contributed by atoms with E-state index in [2.05, 4.69) is 6.58 Å². The van der Waals surface area contributed by atoms with Gasteiger partial charge in [0.25, 0.3) is 0 Å². The Balaban J connectivity index is 2.92. The molecule has 0 N–H and O–H groups in total. The molecule has 0 unspecified atom stereocenters. The summed E-state index contributed by atoms with van der Waals surface area (Å²) >= 11 is 0. The summed E-state index contributed by atoms with van der Waals surface area (Å²) in [7, 11) is 0. The summed E-state index contributed by atoms with van der Waals surface area (Å²) in [5.74, 6) is 0. The molecule has 0 aliphatic carbocycles. The van der Waals surface area contributed by atoms with Crippen molar-refractivity contribution in [1.29, 1.82) is 0 Å². The average Bonchev–Trinajstić information content (AvgIpc) is 2.05. The van der Waals surface area contributed by atoms with Gasteiger partial charge in [-0.1, -0.05) is 0 Å². The quantitative estimate of drug-likeness (QED) is 0.709. The van der Waals surface area contributed by atoms with Gasteiger partial charge < -0.3 is 0 Å². The first-order valence-electron chi connectivity index (χ1n) is 3.21. The van der Waals surface area contributed by atoms with E-state index in [0.717, 1.165) is 11.6 Å². The van der Waals surface area contributed by atoms with E-state index in [-0.39, 0.29) is 0 Å². The Morgan fingerprint density at radius 2 is 1.83 bits per heavy atom.